The molecule has 0 saturated heterocycles. The number of aliphatic hydroxyl groups excluding tert-OH is 1. The average molecular weight is 333 g/mol. The molecule has 23 heavy (non-hydrogen) atoms. The molecule has 3 rings (SSSR count). The molecule has 1 aromatic heterocycles. The zero-order valence-corrected chi connectivity index (χ0v) is 12.9. The van der Waals surface area contributed by atoms with Gasteiger partial charge in [0.05, 0.1) is 17.7 Å². The number of aliphatic hydroxyl groups is 1. The topological polar surface area (TPSA) is 87.0 Å². The van der Waals surface area contributed by atoms with Crippen molar-refractivity contribution in [3.8, 4) is 0 Å². The smallest absolute Gasteiger partial charge is 0.307 e. The second-order valence-electron chi connectivity index (χ2n) is 5.23. The summed E-state index contributed by atoms with van der Waals surface area (Å²) in [7, 11) is 0. The lowest BCUT2D eigenvalue weighted by molar-refractivity contribution is -0.136. The van der Waals surface area contributed by atoms with Crippen LogP contribution in [-0.2, 0) is 9.59 Å². The third kappa shape index (κ3) is 2.53. The Kier molecular flexibility index (Phi) is 3.73. The van der Waals surface area contributed by atoms with Gasteiger partial charge in [0.25, 0.3) is 0 Å². The number of halogens is 1. The van der Waals surface area contributed by atoms with E-state index in [0.717, 1.165) is 0 Å². The van der Waals surface area contributed by atoms with Gasteiger partial charge in [-0.3, -0.25) is 14.6 Å². The van der Waals surface area contributed by atoms with E-state index in [9.17, 15) is 19.1 Å². The van der Waals surface area contributed by atoms with Gasteiger partial charge in [-0.15, -0.1) is 0 Å². The van der Waals surface area contributed by atoms with E-state index < -0.39 is 24.0 Å². The number of fused-ring (bicyclic) bond motifs is 1. The molecule has 0 amide bonds. The molecular formula is C16H12FNO4S. The molecule has 7 heteroatoms. The van der Waals surface area contributed by atoms with E-state index in [1.807, 2.05) is 0 Å². The van der Waals surface area contributed by atoms with Crippen molar-refractivity contribution >= 4 is 34.6 Å². The number of allylic oxidation sites excluding steroid dienone is 4. The molecule has 1 aliphatic heterocycles. The summed E-state index contributed by atoms with van der Waals surface area (Å²) in [4.78, 5) is 27.4. The summed E-state index contributed by atoms with van der Waals surface area (Å²) in [5.41, 5.74) is 1.24. The number of thiophene rings is 1. The molecule has 0 bridgehead atoms. The van der Waals surface area contributed by atoms with Gasteiger partial charge < -0.3 is 10.2 Å². The molecule has 118 valence electrons. The van der Waals surface area contributed by atoms with Crippen LogP contribution in [0, 0.1) is 0 Å². The van der Waals surface area contributed by atoms with Gasteiger partial charge in [0, 0.05) is 28.6 Å². The van der Waals surface area contributed by atoms with E-state index >= 15 is 0 Å². The van der Waals surface area contributed by atoms with Crippen molar-refractivity contribution in [1.29, 1.82) is 0 Å². The molecule has 2 heterocycles. The number of Topliss-reactive ketones (excluding diaryl/α,β-unsaturated/α-hetero) is 1. The number of carbonyl (C=O) groups is 2. The highest BCUT2D eigenvalue weighted by atomic mass is 32.1. The molecule has 2 N–H and O–H groups in total. The molecular weight excluding hydrogens is 321 g/mol. The van der Waals surface area contributed by atoms with Crippen LogP contribution in [0.1, 0.15) is 25.3 Å². The molecule has 0 spiro atoms. The van der Waals surface area contributed by atoms with Gasteiger partial charge >= 0.3 is 5.97 Å². The highest BCUT2D eigenvalue weighted by Crippen LogP contribution is 2.39. The zero-order valence-electron chi connectivity index (χ0n) is 12.1. The van der Waals surface area contributed by atoms with Crippen molar-refractivity contribution in [1.82, 2.24) is 0 Å². The Morgan fingerprint density at radius 3 is 2.78 bits per heavy atom. The fourth-order valence-electron chi connectivity index (χ4n) is 2.69. The minimum atomic E-state index is -1.12. The first-order chi connectivity index (χ1) is 10.9. The second-order valence-corrected chi connectivity index (χ2v) is 6.01. The first-order valence-electron chi connectivity index (χ1n) is 6.79. The predicted octanol–water partition coefficient (Wildman–Crippen LogP) is 3.42. The van der Waals surface area contributed by atoms with Crippen molar-refractivity contribution in [2.75, 3.05) is 0 Å². The van der Waals surface area contributed by atoms with E-state index in [0.29, 0.717) is 11.3 Å². The second kappa shape index (κ2) is 5.58. The van der Waals surface area contributed by atoms with Gasteiger partial charge in [0.2, 0.25) is 5.78 Å². The van der Waals surface area contributed by atoms with Crippen LogP contribution in [0.2, 0.25) is 0 Å². The fraction of sp³-hybridized carbons (Fsp3) is 0.188. The van der Waals surface area contributed by atoms with Crippen LogP contribution >= 0.6 is 11.3 Å². The molecule has 0 atom stereocenters. The summed E-state index contributed by atoms with van der Waals surface area (Å²) in [6.07, 6.45) is -0.422. The summed E-state index contributed by atoms with van der Waals surface area (Å²) >= 11 is 1.35. The summed E-state index contributed by atoms with van der Waals surface area (Å²) in [5, 5.41) is 22.6. The third-order valence-electron chi connectivity index (χ3n) is 3.78. The average Bonchev–Trinajstić information content (AvgIpc) is 3.11. The molecule has 5 nitrogen and oxygen atoms in total. The van der Waals surface area contributed by atoms with E-state index in [1.54, 1.807) is 23.8 Å². The number of carboxylic acid groups (broad SMARTS) is 1. The van der Waals surface area contributed by atoms with Crippen molar-refractivity contribution in [2.24, 2.45) is 4.99 Å². The van der Waals surface area contributed by atoms with Crippen molar-refractivity contribution in [3.05, 3.63) is 50.6 Å². The first-order valence-corrected chi connectivity index (χ1v) is 7.73. The Balaban J connectivity index is 2.09. The summed E-state index contributed by atoms with van der Waals surface area (Å²) in [6.45, 7) is 1.58. The number of carboxylic acids is 1. The van der Waals surface area contributed by atoms with Gasteiger partial charge in [0.15, 0.2) is 5.83 Å². The normalized spacial score (nSPS) is 19.9. The Morgan fingerprint density at radius 2 is 2.17 bits per heavy atom. The van der Waals surface area contributed by atoms with Crippen molar-refractivity contribution in [3.63, 3.8) is 0 Å². The van der Waals surface area contributed by atoms with E-state index in [-0.39, 0.29) is 34.6 Å². The molecule has 1 aromatic rings. The SMILES string of the molecule is CC1=C(CC(=O)O)C2=C(F)C(=O)C(=C(O)c3ccsc3)CC2=N1. The van der Waals surface area contributed by atoms with Crippen LogP contribution < -0.4 is 0 Å². The predicted molar refractivity (Wildman–Crippen MR) is 84.0 cm³/mol. The Hall–Kier alpha value is -2.54. The maximum absolute atomic E-state index is 14.5. The molecule has 2 aliphatic rings. The van der Waals surface area contributed by atoms with Gasteiger partial charge in [-0.2, -0.15) is 11.3 Å². The summed E-state index contributed by atoms with van der Waals surface area (Å²) < 4.78 is 14.5. The number of rotatable bonds is 3. The maximum atomic E-state index is 14.5. The molecule has 1 aliphatic carbocycles. The zero-order chi connectivity index (χ0) is 16.7. The minimum Gasteiger partial charge on any atom is -0.507 e. The van der Waals surface area contributed by atoms with Crippen LogP contribution in [0.25, 0.3) is 5.76 Å². The first kappa shape index (κ1) is 15.4. The van der Waals surface area contributed by atoms with Crippen molar-refractivity contribution < 1.29 is 24.2 Å². The van der Waals surface area contributed by atoms with Gasteiger partial charge in [-0.25, -0.2) is 4.39 Å². The number of ketones is 1. The fourth-order valence-corrected chi connectivity index (χ4v) is 3.33. The largest absolute Gasteiger partial charge is 0.507 e. The lowest BCUT2D eigenvalue weighted by Gasteiger charge is -2.18. The summed E-state index contributed by atoms with van der Waals surface area (Å²) in [5.74, 6) is -3.36. The van der Waals surface area contributed by atoms with Crippen LogP contribution in [-0.4, -0.2) is 27.7 Å². The number of aliphatic imine (C=N–C) groups is 1. The highest BCUT2D eigenvalue weighted by molar-refractivity contribution is 7.08. The molecule has 0 fully saturated rings. The Bertz CT molecular complexity index is 843. The standard InChI is InChI=1S/C16H12FNO4S/c1-7-9(5-12(19)20)13-11(18-7)4-10(16(22)14(13)17)15(21)8-2-3-23-6-8/h2-3,6,21H,4-5H2,1H3,(H,19,20). The van der Waals surface area contributed by atoms with Gasteiger partial charge in [0.1, 0.15) is 5.76 Å². The minimum absolute atomic E-state index is 0.0241. The van der Waals surface area contributed by atoms with Crippen LogP contribution in [0.3, 0.4) is 0 Å². The maximum Gasteiger partial charge on any atom is 0.307 e. The summed E-state index contributed by atoms with van der Waals surface area (Å²) in [6, 6.07) is 1.63. The number of nitrogens with zero attached hydrogens (tertiary/aromatic N) is 1. The molecule has 0 radical (unpaired) electrons. The molecule has 0 unspecified atom stereocenters. The van der Waals surface area contributed by atoms with Crippen LogP contribution in [0.15, 0.2) is 50.1 Å². The lowest BCUT2D eigenvalue weighted by Crippen LogP contribution is -2.21. The van der Waals surface area contributed by atoms with Crippen LogP contribution in [0.4, 0.5) is 4.39 Å². The Morgan fingerprint density at radius 1 is 1.43 bits per heavy atom. The molecule has 0 saturated carbocycles. The van der Waals surface area contributed by atoms with E-state index in [2.05, 4.69) is 4.99 Å². The van der Waals surface area contributed by atoms with E-state index in [4.69, 9.17) is 5.11 Å². The lowest BCUT2D eigenvalue weighted by atomic mass is 9.85. The number of aliphatic carboxylic acids is 1. The third-order valence-corrected chi connectivity index (χ3v) is 4.46. The molecule has 0 aromatic carbocycles. The van der Waals surface area contributed by atoms with Gasteiger partial charge in [-0.05, 0) is 23.9 Å². The van der Waals surface area contributed by atoms with Crippen LogP contribution in [0.5, 0.6) is 0 Å². The Labute approximate surface area is 134 Å². The monoisotopic (exact) mass is 333 g/mol. The van der Waals surface area contributed by atoms with E-state index in [1.165, 1.54) is 11.3 Å². The van der Waals surface area contributed by atoms with Gasteiger partial charge in [-0.1, -0.05) is 0 Å². The van der Waals surface area contributed by atoms with Crippen molar-refractivity contribution in [2.45, 2.75) is 19.8 Å². The number of carbonyl (C=O) groups excluding carboxylic acids is 1. The number of hydrogen-bond donors (Lipinski definition) is 2. The quantitative estimate of drug-likeness (QED) is 0.655. The highest BCUT2D eigenvalue weighted by Gasteiger charge is 2.37. The number of hydrogen-bond acceptors (Lipinski definition) is 5.